The van der Waals surface area contributed by atoms with E-state index in [1.165, 1.54) is 12.1 Å². The summed E-state index contributed by atoms with van der Waals surface area (Å²) >= 11 is 0. The Hall–Kier alpha value is -1.89. The van der Waals surface area contributed by atoms with Gasteiger partial charge in [0.05, 0.1) is 17.1 Å². The number of hydrogen-bond donors (Lipinski definition) is 3. The van der Waals surface area contributed by atoms with Crippen LogP contribution in [0.25, 0.3) is 0 Å². The van der Waals surface area contributed by atoms with Crippen molar-refractivity contribution in [1.29, 1.82) is 0 Å². The number of nitro groups is 1. The lowest BCUT2D eigenvalue weighted by atomic mass is 10.0. The van der Waals surface area contributed by atoms with Gasteiger partial charge in [-0.05, 0) is 20.3 Å². The first-order valence-corrected chi connectivity index (χ1v) is 5.29. The first-order valence-electron chi connectivity index (χ1n) is 5.29. The van der Waals surface area contributed by atoms with E-state index in [-0.39, 0.29) is 17.0 Å². The maximum absolute atomic E-state index is 10.7. The summed E-state index contributed by atoms with van der Waals surface area (Å²) in [4.78, 5) is 14.4. The van der Waals surface area contributed by atoms with Crippen LogP contribution in [0, 0.1) is 10.1 Å². The molecule has 7 heteroatoms. The molecule has 0 spiro atoms. The highest BCUT2D eigenvalue weighted by Gasteiger charge is 2.18. The lowest BCUT2D eigenvalue weighted by Gasteiger charge is -2.25. The highest BCUT2D eigenvalue weighted by Crippen LogP contribution is 2.23. The van der Waals surface area contributed by atoms with Crippen LogP contribution in [0.1, 0.15) is 27.2 Å². The van der Waals surface area contributed by atoms with Crippen LogP contribution in [0.4, 0.5) is 17.3 Å². The number of nitrogens with two attached hydrogens (primary N) is 1. The summed E-state index contributed by atoms with van der Waals surface area (Å²) in [6, 6.07) is 2.67. The quantitative estimate of drug-likeness (QED) is 0.411. The second kappa shape index (κ2) is 4.96. The first kappa shape index (κ1) is 13.2. The smallest absolute Gasteiger partial charge is 0.276 e. The molecule has 0 amide bonds. The number of hydrazine groups is 1. The summed E-state index contributed by atoms with van der Waals surface area (Å²) in [6.45, 7) is 6.00. The van der Waals surface area contributed by atoms with E-state index in [1.807, 2.05) is 20.8 Å². The van der Waals surface area contributed by atoms with Crippen LogP contribution in [0.2, 0.25) is 0 Å². The Morgan fingerprint density at radius 3 is 2.53 bits per heavy atom. The average Bonchev–Trinajstić information content (AvgIpc) is 2.28. The van der Waals surface area contributed by atoms with E-state index >= 15 is 0 Å². The molecule has 0 fully saturated rings. The van der Waals surface area contributed by atoms with Gasteiger partial charge in [-0.2, -0.15) is 0 Å². The van der Waals surface area contributed by atoms with Gasteiger partial charge in [0.2, 0.25) is 0 Å². The molecule has 94 valence electrons. The average molecular weight is 239 g/mol. The lowest BCUT2D eigenvalue weighted by Crippen LogP contribution is -2.30. The van der Waals surface area contributed by atoms with Crippen LogP contribution >= 0.6 is 0 Å². The van der Waals surface area contributed by atoms with Crippen molar-refractivity contribution in [2.24, 2.45) is 5.84 Å². The number of hydrogen-bond acceptors (Lipinski definition) is 6. The molecule has 0 saturated heterocycles. The van der Waals surface area contributed by atoms with Crippen molar-refractivity contribution < 1.29 is 4.92 Å². The first-order chi connectivity index (χ1) is 7.88. The highest BCUT2D eigenvalue weighted by atomic mass is 16.6. The normalized spacial score (nSPS) is 11.1. The predicted molar refractivity (Wildman–Crippen MR) is 66.7 cm³/mol. The topological polar surface area (TPSA) is 106 Å². The molecule has 0 aliphatic rings. The maximum Gasteiger partial charge on any atom is 0.276 e. The summed E-state index contributed by atoms with van der Waals surface area (Å²) in [5, 5.41) is 13.9. The van der Waals surface area contributed by atoms with Crippen molar-refractivity contribution in [3.05, 3.63) is 22.2 Å². The Bertz CT molecular complexity index is 419. The van der Waals surface area contributed by atoms with E-state index in [1.54, 1.807) is 0 Å². The Kier molecular flexibility index (Phi) is 3.84. The molecule has 1 aromatic rings. The third-order valence-corrected chi connectivity index (χ3v) is 2.52. The van der Waals surface area contributed by atoms with E-state index in [9.17, 15) is 10.1 Å². The Morgan fingerprint density at radius 1 is 1.47 bits per heavy atom. The van der Waals surface area contributed by atoms with Gasteiger partial charge in [-0.1, -0.05) is 6.92 Å². The molecule has 1 heterocycles. The fourth-order valence-electron chi connectivity index (χ4n) is 1.19. The van der Waals surface area contributed by atoms with Crippen molar-refractivity contribution in [1.82, 2.24) is 4.98 Å². The zero-order chi connectivity index (χ0) is 13.1. The fourth-order valence-corrected chi connectivity index (χ4v) is 1.19. The van der Waals surface area contributed by atoms with Gasteiger partial charge < -0.3 is 10.7 Å². The van der Waals surface area contributed by atoms with Crippen LogP contribution in [0.5, 0.6) is 0 Å². The SMILES string of the molecule is CCC(C)(C)Nc1cc([N+](=O)[O-])cc(NN)n1. The van der Waals surface area contributed by atoms with Gasteiger partial charge in [0.15, 0.2) is 0 Å². The van der Waals surface area contributed by atoms with Crippen molar-refractivity contribution in [2.45, 2.75) is 32.7 Å². The van der Waals surface area contributed by atoms with Crippen molar-refractivity contribution in [2.75, 3.05) is 10.7 Å². The van der Waals surface area contributed by atoms with E-state index in [2.05, 4.69) is 15.7 Å². The molecular formula is C10H17N5O2. The van der Waals surface area contributed by atoms with E-state index in [0.717, 1.165) is 6.42 Å². The summed E-state index contributed by atoms with van der Waals surface area (Å²) in [5.41, 5.74) is 2.07. The third kappa shape index (κ3) is 3.56. The molecule has 17 heavy (non-hydrogen) atoms. The standard InChI is InChI=1S/C10H17N5O2/c1-4-10(2,3)13-8-5-7(15(16)17)6-9(12-8)14-11/h5-6H,4,11H2,1-3H3,(H2,12,13,14). The van der Waals surface area contributed by atoms with Crippen LogP contribution in [-0.2, 0) is 0 Å². The number of nitrogen functional groups attached to an aromatic ring is 1. The highest BCUT2D eigenvalue weighted by molar-refractivity contribution is 5.54. The molecule has 0 saturated carbocycles. The number of rotatable bonds is 5. The summed E-state index contributed by atoms with van der Waals surface area (Å²) in [5.74, 6) is 5.91. The van der Waals surface area contributed by atoms with Gasteiger partial charge in [-0.3, -0.25) is 10.1 Å². The van der Waals surface area contributed by atoms with E-state index < -0.39 is 4.92 Å². The largest absolute Gasteiger partial charge is 0.365 e. The van der Waals surface area contributed by atoms with Gasteiger partial charge in [0.25, 0.3) is 5.69 Å². The van der Waals surface area contributed by atoms with Gasteiger partial charge in [0, 0.05) is 5.54 Å². The van der Waals surface area contributed by atoms with Gasteiger partial charge in [-0.15, -0.1) is 0 Å². The van der Waals surface area contributed by atoms with Crippen molar-refractivity contribution in [3.8, 4) is 0 Å². The zero-order valence-electron chi connectivity index (χ0n) is 10.2. The maximum atomic E-state index is 10.7. The van der Waals surface area contributed by atoms with Crippen LogP contribution in [0.15, 0.2) is 12.1 Å². The van der Waals surface area contributed by atoms with Crippen LogP contribution in [-0.4, -0.2) is 15.4 Å². The van der Waals surface area contributed by atoms with Crippen LogP contribution in [0.3, 0.4) is 0 Å². The minimum atomic E-state index is -0.480. The molecule has 0 bridgehead atoms. The van der Waals surface area contributed by atoms with E-state index in [4.69, 9.17) is 5.84 Å². The Balaban J connectivity index is 3.07. The lowest BCUT2D eigenvalue weighted by molar-refractivity contribution is -0.384. The predicted octanol–water partition coefficient (Wildman–Crippen LogP) is 1.88. The second-order valence-electron chi connectivity index (χ2n) is 4.36. The number of anilines is 2. The third-order valence-electron chi connectivity index (χ3n) is 2.52. The van der Waals surface area contributed by atoms with Gasteiger partial charge in [-0.25, -0.2) is 10.8 Å². The fraction of sp³-hybridized carbons (Fsp3) is 0.500. The molecule has 1 rings (SSSR count). The van der Waals surface area contributed by atoms with Gasteiger partial charge in [0.1, 0.15) is 11.6 Å². The summed E-state index contributed by atoms with van der Waals surface area (Å²) < 4.78 is 0. The second-order valence-corrected chi connectivity index (χ2v) is 4.36. The molecule has 0 atom stereocenters. The summed E-state index contributed by atoms with van der Waals surface area (Å²) in [6.07, 6.45) is 0.864. The van der Waals surface area contributed by atoms with Crippen LogP contribution < -0.4 is 16.6 Å². The molecule has 4 N–H and O–H groups in total. The number of nitrogens with one attached hydrogen (secondary N) is 2. The Labute approximate surface area is 99.5 Å². The molecule has 0 unspecified atom stereocenters. The van der Waals surface area contributed by atoms with Crippen molar-refractivity contribution >= 4 is 17.3 Å². The molecule has 1 aromatic heterocycles. The minimum Gasteiger partial charge on any atom is -0.365 e. The minimum absolute atomic E-state index is 0.0534. The van der Waals surface area contributed by atoms with Gasteiger partial charge >= 0.3 is 0 Å². The van der Waals surface area contributed by atoms with Crippen molar-refractivity contribution in [3.63, 3.8) is 0 Å². The number of aromatic nitrogens is 1. The zero-order valence-corrected chi connectivity index (χ0v) is 10.2. The number of nitrogens with zero attached hydrogens (tertiary/aromatic N) is 2. The number of pyridine rings is 1. The van der Waals surface area contributed by atoms with E-state index in [0.29, 0.717) is 5.82 Å². The molecule has 0 aliphatic heterocycles. The molecule has 0 aromatic carbocycles. The Morgan fingerprint density at radius 2 is 2.06 bits per heavy atom. The monoisotopic (exact) mass is 239 g/mol. The molecular weight excluding hydrogens is 222 g/mol. The molecule has 7 nitrogen and oxygen atoms in total. The molecule has 0 radical (unpaired) electrons. The summed E-state index contributed by atoms with van der Waals surface area (Å²) in [7, 11) is 0. The molecule has 0 aliphatic carbocycles.